The minimum Gasteiger partial charge on any atom is -0.305 e. The van der Waals surface area contributed by atoms with Gasteiger partial charge in [-0.15, -0.1) is 11.3 Å². The number of hydrogen-bond acceptors (Lipinski definition) is 4. The maximum atomic E-state index is 12.2. The van der Waals surface area contributed by atoms with Crippen LogP contribution in [-0.4, -0.2) is 37.7 Å². The average Bonchev–Trinajstić information content (AvgIpc) is 3.31. The maximum absolute atomic E-state index is 12.2. The second kappa shape index (κ2) is 6.26. The summed E-state index contributed by atoms with van der Waals surface area (Å²) in [6, 6.07) is 8.25. The van der Waals surface area contributed by atoms with Crippen molar-refractivity contribution < 1.29 is 0 Å². The Bertz CT molecular complexity index is 1140. The Hall–Kier alpha value is -2.64. The first-order chi connectivity index (χ1) is 12.5. The van der Waals surface area contributed by atoms with Gasteiger partial charge >= 0.3 is 5.69 Å². The van der Waals surface area contributed by atoms with E-state index >= 15 is 0 Å². The van der Waals surface area contributed by atoms with Crippen LogP contribution in [0, 0.1) is 0 Å². The number of benzene rings is 1. The van der Waals surface area contributed by atoms with E-state index in [0.717, 1.165) is 34.0 Å². The van der Waals surface area contributed by atoms with Gasteiger partial charge in [-0.25, -0.2) is 9.78 Å². The molecule has 0 radical (unpaired) electrons. The Labute approximate surface area is 155 Å². The smallest absolute Gasteiger partial charge is 0.305 e. The van der Waals surface area contributed by atoms with Gasteiger partial charge in [0.05, 0.1) is 15.9 Å². The van der Waals surface area contributed by atoms with Gasteiger partial charge in [-0.1, -0.05) is 0 Å². The summed E-state index contributed by atoms with van der Waals surface area (Å²) in [7, 11) is 7.73. The summed E-state index contributed by atoms with van der Waals surface area (Å²) in [5.41, 5.74) is 4.09. The van der Waals surface area contributed by atoms with E-state index in [4.69, 9.17) is 0 Å². The minimum absolute atomic E-state index is 0.0189. The Morgan fingerprint density at radius 2 is 1.88 bits per heavy atom. The van der Waals surface area contributed by atoms with Crippen LogP contribution in [0.2, 0.25) is 0 Å². The molecule has 0 aliphatic carbocycles. The molecule has 0 aliphatic rings. The van der Waals surface area contributed by atoms with Crippen molar-refractivity contribution in [2.75, 3.05) is 14.1 Å². The molecule has 7 heteroatoms. The Balaban J connectivity index is 1.80. The third-order valence-electron chi connectivity index (χ3n) is 4.55. The van der Waals surface area contributed by atoms with Crippen LogP contribution in [0.3, 0.4) is 0 Å². The first kappa shape index (κ1) is 16.8. The van der Waals surface area contributed by atoms with Crippen molar-refractivity contribution in [2.45, 2.75) is 6.54 Å². The predicted molar refractivity (Wildman–Crippen MR) is 106 cm³/mol. The highest BCUT2D eigenvalue weighted by Crippen LogP contribution is 2.29. The zero-order valence-electron chi connectivity index (χ0n) is 15.3. The van der Waals surface area contributed by atoms with E-state index in [1.165, 1.54) is 5.56 Å². The molecule has 0 saturated carbocycles. The summed E-state index contributed by atoms with van der Waals surface area (Å²) < 4.78 is 5.42. The van der Waals surface area contributed by atoms with Gasteiger partial charge < -0.3 is 4.90 Å². The van der Waals surface area contributed by atoms with Gasteiger partial charge in [-0.3, -0.25) is 13.7 Å². The summed E-state index contributed by atoms with van der Waals surface area (Å²) in [6.45, 7) is 0.912. The number of aryl methyl sites for hydroxylation is 2. The van der Waals surface area contributed by atoms with Crippen LogP contribution in [0.1, 0.15) is 5.56 Å². The number of nitrogens with zero attached hydrogens (tertiary/aromatic N) is 5. The Morgan fingerprint density at radius 1 is 1.12 bits per heavy atom. The molecule has 0 spiro atoms. The second-order valence-corrected chi connectivity index (χ2v) is 7.66. The standard InChI is InChI=1S/C19H21N5OS/c1-21(2)11-13-9-17(26-12-13)18-20-7-8-24(18)14-5-6-15-16(10-14)23(4)19(25)22(15)3/h5-10,12H,11H2,1-4H3. The first-order valence-corrected chi connectivity index (χ1v) is 9.25. The maximum Gasteiger partial charge on any atom is 0.328 e. The van der Waals surface area contributed by atoms with E-state index in [2.05, 4.69) is 40.0 Å². The lowest BCUT2D eigenvalue weighted by Gasteiger charge is -2.08. The SMILES string of the molecule is CN(C)Cc1csc(-c2nccn2-c2ccc3c(c2)n(C)c(=O)n3C)c1. The molecule has 4 rings (SSSR count). The molecule has 6 nitrogen and oxygen atoms in total. The van der Waals surface area contributed by atoms with Gasteiger partial charge in [0, 0.05) is 38.7 Å². The van der Waals surface area contributed by atoms with Gasteiger partial charge in [0.25, 0.3) is 0 Å². The molecule has 0 aliphatic heterocycles. The monoisotopic (exact) mass is 367 g/mol. The van der Waals surface area contributed by atoms with Crippen LogP contribution in [0.4, 0.5) is 0 Å². The quantitative estimate of drug-likeness (QED) is 0.557. The lowest BCUT2D eigenvalue weighted by atomic mass is 10.2. The third kappa shape index (κ3) is 2.69. The van der Waals surface area contributed by atoms with Gasteiger partial charge in [-0.2, -0.15) is 0 Å². The van der Waals surface area contributed by atoms with Crippen molar-refractivity contribution in [1.82, 2.24) is 23.6 Å². The molecule has 0 amide bonds. The van der Waals surface area contributed by atoms with Crippen molar-refractivity contribution in [2.24, 2.45) is 14.1 Å². The highest BCUT2D eigenvalue weighted by atomic mass is 32.1. The minimum atomic E-state index is -0.0189. The fourth-order valence-electron chi connectivity index (χ4n) is 3.28. The van der Waals surface area contributed by atoms with Crippen LogP contribution >= 0.6 is 11.3 Å². The molecule has 0 saturated heterocycles. The van der Waals surface area contributed by atoms with Crippen molar-refractivity contribution in [3.8, 4) is 16.4 Å². The fourth-order valence-corrected chi connectivity index (χ4v) is 4.18. The predicted octanol–water partition coefficient (Wildman–Crippen LogP) is 2.85. The highest BCUT2D eigenvalue weighted by molar-refractivity contribution is 7.13. The summed E-state index contributed by atoms with van der Waals surface area (Å²) in [4.78, 5) is 20.0. The number of rotatable bonds is 4. The molecule has 26 heavy (non-hydrogen) atoms. The second-order valence-electron chi connectivity index (χ2n) is 6.75. The molecular weight excluding hydrogens is 346 g/mol. The summed E-state index contributed by atoms with van der Waals surface area (Å²) in [5, 5.41) is 2.18. The number of hydrogen-bond donors (Lipinski definition) is 0. The van der Waals surface area contributed by atoms with Crippen LogP contribution in [0.5, 0.6) is 0 Å². The molecule has 4 aromatic rings. The highest BCUT2D eigenvalue weighted by Gasteiger charge is 2.13. The molecule has 3 aromatic heterocycles. The Kier molecular flexibility index (Phi) is 4.05. The van der Waals surface area contributed by atoms with E-state index in [1.54, 1.807) is 34.6 Å². The molecular formula is C19H21N5OS. The van der Waals surface area contributed by atoms with E-state index in [0.29, 0.717) is 0 Å². The summed E-state index contributed by atoms with van der Waals surface area (Å²) >= 11 is 1.70. The Morgan fingerprint density at radius 3 is 2.65 bits per heavy atom. The van der Waals surface area contributed by atoms with Crippen LogP contribution in [0.25, 0.3) is 27.4 Å². The molecule has 0 bridgehead atoms. The first-order valence-electron chi connectivity index (χ1n) is 8.37. The van der Waals surface area contributed by atoms with Crippen LogP contribution < -0.4 is 5.69 Å². The molecule has 1 aromatic carbocycles. The molecule has 0 unspecified atom stereocenters. The lowest BCUT2D eigenvalue weighted by Crippen LogP contribution is -2.19. The molecule has 134 valence electrons. The molecule has 0 fully saturated rings. The van der Waals surface area contributed by atoms with Crippen molar-refractivity contribution in [1.29, 1.82) is 0 Å². The van der Waals surface area contributed by atoms with Crippen LogP contribution in [0.15, 0.2) is 46.8 Å². The summed E-state index contributed by atoms with van der Waals surface area (Å²) in [5.74, 6) is 0.917. The number of thiophene rings is 1. The van der Waals surface area contributed by atoms with E-state index < -0.39 is 0 Å². The number of imidazole rings is 2. The van der Waals surface area contributed by atoms with Gasteiger partial charge in [0.15, 0.2) is 5.82 Å². The topological polar surface area (TPSA) is 48.0 Å². The van der Waals surface area contributed by atoms with E-state index in [-0.39, 0.29) is 5.69 Å². The van der Waals surface area contributed by atoms with Crippen LogP contribution in [-0.2, 0) is 20.6 Å². The molecule has 3 heterocycles. The van der Waals surface area contributed by atoms with Gasteiger partial charge in [0.1, 0.15) is 0 Å². The van der Waals surface area contributed by atoms with Gasteiger partial charge in [0.2, 0.25) is 0 Å². The lowest BCUT2D eigenvalue weighted by molar-refractivity contribution is 0.403. The summed E-state index contributed by atoms with van der Waals surface area (Å²) in [6.07, 6.45) is 3.78. The third-order valence-corrected chi connectivity index (χ3v) is 5.52. The van der Waals surface area contributed by atoms with E-state index in [1.807, 2.05) is 30.6 Å². The van der Waals surface area contributed by atoms with Crippen molar-refractivity contribution in [3.63, 3.8) is 0 Å². The molecule has 0 atom stereocenters. The fraction of sp³-hybridized carbons (Fsp3) is 0.263. The number of fused-ring (bicyclic) bond motifs is 1. The zero-order chi connectivity index (χ0) is 18.4. The van der Waals surface area contributed by atoms with Crippen molar-refractivity contribution in [3.05, 3.63) is 58.1 Å². The number of aromatic nitrogens is 4. The van der Waals surface area contributed by atoms with E-state index in [9.17, 15) is 4.79 Å². The van der Waals surface area contributed by atoms with Gasteiger partial charge in [-0.05, 0) is 49.3 Å². The zero-order valence-corrected chi connectivity index (χ0v) is 16.1. The molecule has 0 N–H and O–H groups in total. The largest absolute Gasteiger partial charge is 0.328 e. The van der Waals surface area contributed by atoms with Crippen molar-refractivity contribution >= 4 is 22.4 Å². The normalized spacial score (nSPS) is 11.7. The average molecular weight is 367 g/mol.